The number of rotatable bonds is 6. The van der Waals surface area contributed by atoms with Gasteiger partial charge in [-0.05, 0) is 13.0 Å². The molecular formula is C9H15N3O2S. The van der Waals surface area contributed by atoms with Gasteiger partial charge < -0.3 is 5.32 Å². The van der Waals surface area contributed by atoms with Gasteiger partial charge in [-0.15, -0.1) is 0 Å². The Morgan fingerprint density at radius 2 is 2.00 bits per heavy atom. The van der Waals surface area contributed by atoms with Gasteiger partial charge in [0, 0.05) is 30.8 Å². The van der Waals surface area contributed by atoms with Crippen LogP contribution in [-0.2, 0) is 16.4 Å². The molecule has 6 heteroatoms. The van der Waals surface area contributed by atoms with E-state index >= 15 is 0 Å². The van der Waals surface area contributed by atoms with Crippen LogP contribution in [0, 0.1) is 0 Å². The fourth-order valence-electron chi connectivity index (χ4n) is 1.11. The highest BCUT2D eigenvalue weighted by molar-refractivity contribution is 7.90. The Bertz CT molecular complexity index is 378. The highest BCUT2D eigenvalue weighted by atomic mass is 32.2. The first-order valence-electron chi connectivity index (χ1n) is 4.70. The molecule has 0 aliphatic rings. The van der Waals surface area contributed by atoms with Crippen LogP contribution in [-0.4, -0.2) is 36.9 Å². The maximum absolute atomic E-state index is 10.8. The Kier molecular flexibility index (Phi) is 4.64. The molecule has 0 saturated heterocycles. The van der Waals surface area contributed by atoms with E-state index in [-0.39, 0.29) is 5.75 Å². The quantitative estimate of drug-likeness (QED) is 0.695. The molecule has 1 N–H and O–H groups in total. The van der Waals surface area contributed by atoms with Crippen LogP contribution in [0.5, 0.6) is 0 Å². The van der Waals surface area contributed by atoms with Crippen molar-refractivity contribution in [2.75, 3.05) is 18.6 Å². The largest absolute Gasteiger partial charge is 0.313 e. The third-order valence-electron chi connectivity index (χ3n) is 1.81. The molecule has 1 rings (SSSR count). The van der Waals surface area contributed by atoms with Gasteiger partial charge in [0.2, 0.25) is 0 Å². The van der Waals surface area contributed by atoms with Gasteiger partial charge in [0.1, 0.15) is 16.2 Å². The average Bonchev–Trinajstić information content (AvgIpc) is 2.17. The molecule has 0 aliphatic heterocycles. The van der Waals surface area contributed by atoms with Crippen molar-refractivity contribution in [3.8, 4) is 0 Å². The molecule has 0 spiro atoms. The lowest BCUT2D eigenvalue weighted by atomic mass is 10.3. The maximum atomic E-state index is 10.8. The molecular weight excluding hydrogens is 214 g/mol. The normalized spacial score (nSPS) is 11.5. The van der Waals surface area contributed by atoms with E-state index in [9.17, 15) is 8.42 Å². The highest BCUT2D eigenvalue weighted by Crippen LogP contribution is 1.92. The smallest absolute Gasteiger partial charge is 0.147 e. The molecule has 0 unspecified atom stereocenters. The van der Waals surface area contributed by atoms with E-state index < -0.39 is 9.84 Å². The van der Waals surface area contributed by atoms with Crippen molar-refractivity contribution in [3.63, 3.8) is 0 Å². The summed E-state index contributed by atoms with van der Waals surface area (Å²) in [7, 11) is -2.83. The molecule has 0 fully saturated rings. The van der Waals surface area contributed by atoms with Crippen LogP contribution in [0.2, 0.25) is 0 Å². The first kappa shape index (κ1) is 12.1. The van der Waals surface area contributed by atoms with Crippen LogP contribution in [0.25, 0.3) is 0 Å². The molecule has 0 saturated carbocycles. The van der Waals surface area contributed by atoms with Gasteiger partial charge in [0.25, 0.3) is 0 Å². The molecule has 1 heterocycles. The van der Waals surface area contributed by atoms with E-state index in [2.05, 4.69) is 15.3 Å². The summed E-state index contributed by atoms with van der Waals surface area (Å²) in [6, 6.07) is 0. The monoisotopic (exact) mass is 229 g/mol. The average molecular weight is 229 g/mol. The summed E-state index contributed by atoms with van der Waals surface area (Å²) in [5.41, 5.74) is 0.997. The number of hydrogen-bond donors (Lipinski definition) is 1. The van der Waals surface area contributed by atoms with E-state index in [1.54, 1.807) is 12.4 Å². The number of nitrogens with one attached hydrogen (secondary N) is 1. The van der Waals surface area contributed by atoms with Crippen LogP contribution in [0.1, 0.15) is 12.0 Å². The lowest BCUT2D eigenvalue weighted by Gasteiger charge is -2.03. The van der Waals surface area contributed by atoms with E-state index in [1.165, 1.54) is 12.6 Å². The van der Waals surface area contributed by atoms with Gasteiger partial charge in [0.15, 0.2) is 0 Å². The van der Waals surface area contributed by atoms with Crippen molar-refractivity contribution >= 4 is 9.84 Å². The first-order valence-corrected chi connectivity index (χ1v) is 6.76. The summed E-state index contributed by atoms with van der Waals surface area (Å²) in [5, 5.41) is 3.13. The third-order valence-corrected chi connectivity index (χ3v) is 2.84. The summed E-state index contributed by atoms with van der Waals surface area (Å²) in [5.74, 6) is 0.227. The molecule has 15 heavy (non-hydrogen) atoms. The predicted molar refractivity (Wildman–Crippen MR) is 58.1 cm³/mol. The molecule has 0 radical (unpaired) electrons. The van der Waals surface area contributed by atoms with E-state index in [0.717, 1.165) is 5.56 Å². The molecule has 84 valence electrons. The summed E-state index contributed by atoms with van der Waals surface area (Å²) in [6.45, 7) is 1.35. The van der Waals surface area contributed by atoms with Gasteiger partial charge in [-0.2, -0.15) is 0 Å². The summed E-state index contributed by atoms with van der Waals surface area (Å²) in [6.07, 6.45) is 6.82. The third kappa shape index (κ3) is 6.14. The maximum Gasteiger partial charge on any atom is 0.147 e. The second-order valence-electron chi connectivity index (χ2n) is 3.41. The summed E-state index contributed by atoms with van der Waals surface area (Å²) >= 11 is 0. The Hall–Kier alpha value is -1.01. The Morgan fingerprint density at radius 1 is 1.33 bits per heavy atom. The minimum absolute atomic E-state index is 0.227. The fourth-order valence-corrected chi connectivity index (χ4v) is 1.78. The zero-order valence-electron chi connectivity index (χ0n) is 8.68. The molecule has 1 aromatic rings. The molecule has 5 nitrogen and oxygen atoms in total. The first-order chi connectivity index (χ1) is 7.08. The van der Waals surface area contributed by atoms with Crippen molar-refractivity contribution in [2.45, 2.75) is 13.0 Å². The Morgan fingerprint density at radius 3 is 2.60 bits per heavy atom. The molecule has 0 atom stereocenters. The van der Waals surface area contributed by atoms with Crippen molar-refractivity contribution in [1.82, 2.24) is 15.3 Å². The topological polar surface area (TPSA) is 72.0 Å². The lowest BCUT2D eigenvalue weighted by Crippen LogP contribution is -2.18. The van der Waals surface area contributed by atoms with E-state index in [0.29, 0.717) is 19.5 Å². The second-order valence-corrected chi connectivity index (χ2v) is 5.67. The zero-order chi connectivity index (χ0) is 11.1. The highest BCUT2D eigenvalue weighted by Gasteiger charge is 2.00. The SMILES string of the molecule is CS(=O)(=O)CCCNCc1cncnc1. The number of aromatic nitrogens is 2. The van der Waals surface area contributed by atoms with Crippen LogP contribution >= 0.6 is 0 Å². The number of hydrogen-bond acceptors (Lipinski definition) is 5. The van der Waals surface area contributed by atoms with Gasteiger partial charge >= 0.3 is 0 Å². The standard InChI is InChI=1S/C9H15N3O2S/c1-15(13,14)4-2-3-10-5-9-6-11-8-12-7-9/h6-8,10H,2-5H2,1H3. The van der Waals surface area contributed by atoms with Gasteiger partial charge in [-0.25, -0.2) is 18.4 Å². The van der Waals surface area contributed by atoms with Gasteiger partial charge in [-0.1, -0.05) is 0 Å². The fraction of sp³-hybridized carbons (Fsp3) is 0.556. The molecule has 0 aromatic carbocycles. The Labute approximate surface area is 89.9 Å². The Balaban J connectivity index is 2.13. The van der Waals surface area contributed by atoms with Gasteiger partial charge in [-0.3, -0.25) is 0 Å². The van der Waals surface area contributed by atoms with Crippen molar-refractivity contribution < 1.29 is 8.42 Å². The molecule has 0 bridgehead atoms. The van der Waals surface area contributed by atoms with Crippen LogP contribution in [0.15, 0.2) is 18.7 Å². The van der Waals surface area contributed by atoms with Crippen molar-refractivity contribution in [1.29, 1.82) is 0 Å². The van der Waals surface area contributed by atoms with Crippen LogP contribution in [0.4, 0.5) is 0 Å². The van der Waals surface area contributed by atoms with Gasteiger partial charge in [0.05, 0.1) is 5.75 Å². The van der Waals surface area contributed by atoms with Crippen molar-refractivity contribution in [2.24, 2.45) is 0 Å². The van der Waals surface area contributed by atoms with E-state index in [1.807, 2.05) is 0 Å². The summed E-state index contributed by atoms with van der Waals surface area (Å²) in [4.78, 5) is 7.75. The van der Waals surface area contributed by atoms with Crippen molar-refractivity contribution in [3.05, 3.63) is 24.3 Å². The molecule has 0 amide bonds. The van der Waals surface area contributed by atoms with E-state index in [4.69, 9.17) is 0 Å². The summed E-state index contributed by atoms with van der Waals surface area (Å²) < 4.78 is 21.6. The second kappa shape index (κ2) is 5.77. The predicted octanol–water partition coefficient (Wildman–Crippen LogP) is 0.000900. The molecule has 0 aliphatic carbocycles. The zero-order valence-corrected chi connectivity index (χ0v) is 9.50. The molecule has 1 aromatic heterocycles. The lowest BCUT2D eigenvalue weighted by molar-refractivity contribution is 0.594. The minimum Gasteiger partial charge on any atom is -0.313 e. The number of sulfone groups is 1. The number of nitrogens with zero attached hydrogens (tertiary/aromatic N) is 2. The van der Waals surface area contributed by atoms with Crippen LogP contribution in [0.3, 0.4) is 0 Å². The minimum atomic E-state index is -2.83. The van der Waals surface area contributed by atoms with Crippen LogP contribution < -0.4 is 5.32 Å².